The lowest BCUT2D eigenvalue weighted by molar-refractivity contribution is -0.135. The molecular weight excluding hydrogens is 276 g/mol. The van der Waals surface area contributed by atoms with Crippen LogP contribution in [0.15, 0.2) is 6.07 Å². The summed E-state index contributed by atoms with van der Waals surface area (Å²) in [6.07, 6.45) is 8.05. The SMILES string of the molecule is O=C(C1CCCC1)N1CCN(c2cc3c(nn2)CCC3)CC1. The number of fused-ring (bicyclic) bond motifs is 1. The van der Waals surface area contributed by atoms with Crippen LogP contribution in [0.2, 0.25) is 0 Å². The quantitative estimate of drug-likeness (QED) is 0.836. The van der Waals surface area contributed by atoms with Crippen molar-refractivity contribution in [2.45, 2.75) is 44.9 Å². The normalized spacial score (nSPS) is 22.2. The highest BCUT2D eigenvalue weighted by Crippen LogP contribution is 2.28. The molecule has 0 unspecified atom stereocenters. The van der Waals surface area contributed by atoms with Gasteiger partial charge in [-0.15, -0.1) is 5.10 Å². The molecule has 0 aromatic carbocycles. The molecule has 0 spiro atoms. The molecule has 22 heavy (non-hydrogen) atoms. The summed E-state index contributed by atoms with van der Waals surface area (Å²) in [5.74, 6) is 1.68. The van der Waals surface area contributed by atoms with Crippen LogP contribution in [0.4, 0.5) is 5.82 Å². The molecule has 2 fully saturated rings. The summed E-state index contributed by atoms with van der Waals surface area (Å²) in [6.45, 7) is 3.42. The summed E-state index contributed by atoms with van der Waals surface area (Å²) in [6, 6.07) is 2.21. The number of carbonyl (C=O) groups excluding carboxylic acids is 1. The van der Waals surface area contributed by atoms with Crippen LogP contribution < -0.4 is 4.90 Å². The van der Waals surface area contributed by atoms with Crippen molar-refractivity contribution in [3.05, 3.63) is 17.3 Å². The minimum absolute atomic E-state index is 0.298. The Bertz CT molecular complexity index is 560. The average Bonchev–Trinajstić information content (AvgIpc) is 3.25. The van der Waals surface area contributed by atoms with Gasteiger partial charge in [-0.05, 0) is 43.7 Å². The third-order valence-corrected chi connectivity index (χ3v) is 5.43. The van der Waals surface area contributed by atoms with Gasteiger partial charge in [0.1, 0.15) is 0 Å². The number of amides is 1. The average molecular weight is 300 g/mol. The molecule has 5 heteroatoms. The zero-order chi connectivity index (χ0) is 14.9. The van der Waals surface area contributed by atoms with E-state index in [4.69, 9.17) is 0 Å². The summed E-state index contributed by atoms with van der Waals surface area (Å²) in [7, 11) is 0. The Kier molecular flexibility index (Phi) is 3.72. The van der Waals surface area contributed by atoms with E-state index in [1.165, 1.54) is 30.5 Å². The lowest BCUT2D eigenvalue weighted by Crippen LogP contribution is -2.50. The van der Waals surface area contributed by atoms with Crippen LogP contribution >= 0.6 is 0 Å². The molecule has 1 saturated carbocycles. The second-order valence-corrected chi connectivity index (χ2v) is 6.82. The summed E-state index contributed by atoms with van der Waals surface area (Å²) >= 11 is 0. The fourth-order valence-corrected chi connectivity index (χ4v) is 4.06. The Hall–Kier alpha value is -1.65. The van der Waals surface area contributed by atoms with E-state index in [0.717, 1.165) is 57.7 Å². The predicted octanol–water partition coefficient (Wildman–Crippen LogP) is 1.80. The van der Waals surface area contributed by atoms with E-state index in [1.54, 1.807) is 0 Å². The fraction of sp³-hybridized carbons (Fsp3) is 0.706. The van der Waals surface area contributed by atoms with Crippen LogP contribution in [0.1, 0.15) is 43.4 Å². The van der Waals surface area contributed by atoms with Crippen molar-refractivity contribution in [2.24, 2.45) is 5.92 Å². The maximum Gasteiger partial charge on any atom is 0.225 e. The van der Waals surface area contributed by atoms with Crippen LogP contribution in [0.5, 0.6) is 0 Å². The zero-order valence-corrected chi connectivity index (χ0v) is 13.1. The van der Waals surface area contributed by atoms with Gasteiger partial charge in [0.2, 0.25) is 5.91 Å². The highest BCUT2D eigenvalue weighted by atomic mass is 16.2. The molecule has 118 valence electrons. The van der Waals surface area contributed by atoms with E-state index in [0.29, 0.717) is 11.8 Å². The van der Waals surface area contributed by atoms with E-state index in [1.807, 2.05) is 0 Å². The van der Waals surface area contributed by atoms with Crippen molar-refractivity contribution in [2.75, 3.05) is 31.1 Å². The van der Waals surface area contributed by atoms with Crippen LogP contribution in [0.25, 0.3) is 0 Å². The standard InChI is InChI=1S/C17H24N4O/c22-17(13-4-1-2-5-13)21-10-8-20(9-11-21)16-12-14-6-3-7-15(14)18-19-16/h12-13H,1-11H2. The number of hydrogen-bond donors (Lipinski definition) is 0. The van der Waals surface area contributed by atoms with Gasteiger partial charge in [0.05, 0.1) is 5.69 Å². The Morgan fingerprint density at radius 2 is 1.77 bits per heavy atom. The van der Waals surface area contributed by atoms with Gasteiger partial charge >= 0.3 is 0 Å². The van der Waals surface area contributed by atoms with Crippen LogP contribution in [0.3, 0.4) is 0 Å². The number of aryl methyl sites for hydroxylation is 2. The first-order valence-electron chi connectivity index (χ1n) is 8.70. The lowest BCUT2D eigenvalue weighted by Gasteiger charge is -2.36. The van der Waals surface area contributed by atoms with Gasteiger partial charge in [0, 0.05) is 32.1 Å². The molecule has 1 amide bonds. The minimum atomic E-state index is 0.298. The third-order valence-electron chi connectivity index (χ3n) is 5.43. The Balaban J connectivity index is 1.38. The molecule has 1 aromatic heterocycles. The number of carbonyl (C=O) groups is 1. The van der Waals surface area contributed by atoms with E-state index >= 15 is 0 Å². The van der Waals surface area contributed by atoms with E-state index in [2.05, 4.69) is 26.1 Å². The van der Waals surface area contributed by atoms with Gasteiger partial charge in [-0.1, -0.05) is 12.8 Å². The second-order valence-electron chi connectivity index (χ2n) is 6.82. The first-order chi connectivity index (χ1) is 10.8. The van der Waals surface area contributed by atoms with E-state index in [-0.39, 0.29) is 0 Å². The molecule has 0 bridgehead atoms. The van der Waals surface area contributed by atoms with Gasteiger partial charge in [0.25, 0.3) is 0 Å². The number of anilines is 1. The molecule has 0 N–H and O–H groups in total. The van der Waals surface area contributed by atoms with Gasteiger partial charge in [-0.25, -0.2) is 0 Å². The molecule has 1 saturated heterocycles. The molecule has 2 heterocycles. The van der Waals surface area contributed by atoms with Crippen LogP contribution in [-0.4, -0.2) is 47.2 Å². The van der Waals surface area contributed by atoms with Crippen molar-refractivity contribution in [1.29, 1.82) is 0 Å². The molecule has 0 radical (unpaired) electrons. The summed E-state index contributed by atoms with van der Waals surface area (Å²) in [5, 5.41) is 8.77. The van der Waals surface area contributed by atoms with Crippen molar-refractivity contribution >= 4 is 11.7 Å². The third kappa shape index (κ3) is 2.57. The van der Waals surface area contributed by atoms with Gasteiger partial charge < -0.3 is 9.80 Å². The second kappa shape index (κ2) is 5.86. The molecule has 1 aromatic rings. The van der Waals surface area contributed by atoms with Crippen molar-refractivity contribution in [1.82, 2.24) is 15.1 Å². The van der Waals surface area contributed by atoms with E-state index < -0.39 is 0 Å². The topological polar surface area (TPSA) is 49.3 Å². The maximum atomic E-state index is 12.5. The predicted molar refractivity (Wildman–Crippen MR) is 84.8 cm³/mol. The molecule has 3 aliphatic rings. The number of piperazine rings is 1. The lowest BCUT2D eigenvalue weighted by atomic mass is 10.1. The summed E-state index contributed by atoms with van der Waals surface area (Å²) in [4.78, 5) is 16.8. The number of hydrogen-bond acceptors (Lipinski definition) is 4. The Labute approximate surface area is 131 Å². The summed E-state index contributed by atoms with van der Waals surface area (Å²) in [5.41, 5.74) is 2.55. The zero-order valence-electron chi connectivity index (χ0n) is 13.1. The summed E-state index contributed by atoms with van der Waals surface area (Å²) < 4.78 is 0. The van der Waals surface area contributed by atoms with Crippen LogP contribution in [-0.2, 0) is 17.6 Å². The highest BCUT2D eigenvalue weighted by molar-refractivity contribution is 5.79. The molecule has 1 aliphatic heterocycles. The first-order valence-corrected chi connectivity index (χ1v) is 8.70. The smallest absolute Gasteiger partial charge is 0.225 e. The monoisotopic (exact) mass is 300 g/mol. The highest BCUT2D eigenvalue weighted by Gasteiger charge is 2.30. The molecule has 4 rings (SSSR count). The van der Waals surface area contributed by atoms with Crippen molar-refractivity contribution < 1.29 is 4.79 Å². The first kappa shape index (κ1) is 14.0. The minimum Gasteiger partial charge on any atom is -0.352 e. The molecule has 2 aliphatic carbocycles. The molecular formula is C17H24N4O. The molecule has 0 atom stereocenters. The van der Waals surface area contributed by atoms with Gasteiger partial charge in [-0.2, -0.15) is 5.10 Å². The van der Waals surface area contributed by atoms with Crippen LogP contribution in [0, 0.1) is 5.92 Å². The van der Waals surface area contributed by atoms with Crippen molar-refractivity contribution in [3.63, 3.8) is 0 Å². The van der Waals surface area contributed by atoms with Crippen molar-refractivity contribution in [3.8, 4) is 0 Å². The Morgan fingerprint density at radius 3 is 2.55 bits per heavy atom. The van der Waals surface area contributed by atoms with Gasteiger partial charge in [0.15, 0.2) is 5.82 Å². The number of nitrogens with zero attached hydrogens (tertiary/aromatic N) is 4. The largest absolute Gasteiger partial charge is 0.352 e. The van der Waals surface area contributed by atoms with E-state index in [9.17, 15) is 4.79 Å². The fourth-order valence-electron chi connectivity index (χ4n) is 4.06. The number of aromatic nitrogens is 2. The maximum absolute atomic E-state index is 12.5. The molecule has 5 nitrogen and oxygen atoms in total. The van der Waals surface area contributed by atoms with Gasteiger partial charge in [-0.3, -0.25) is 4.79 Å². The number of rotatable bonds is 2. The Morgan fingerprint density at radius 1 is 1.00 bits per heavy atom.